The summed E-state index contributed by atoms with van der Waals surface area (Å²) < 4.78 is 0. The lowest BCUT2D eigenvalue weighted by atomic mass is 9.96. The third kappa shape index (κ3) is 6.93. The molecule has 0 bridgehead atoms. The quantitative estimate of drug-likeness (QED) is 0.472. The van der Waals surface area contributed by atoms with Crippen molar-refractivity contribution in [2.24, 2.45) is 0 Å². The maximum atomic E-state index is 9.26. The van der Waals surface area contributed by atoms with Crippen LogP contribution in [0.3, 0.4) is 0 Å². The normalized spacial score (nSPS) is 13.7. The van der Waals surface area contributed by atoms with Gasteiger partial charge in [0, 0.05) is 4.90 Å². The van der Waals surface area contributed by atoms with Gasteiger partial charge in [0.25, 0.3) is 0 Å². The van der Waals surface area contributed by atoms with Crippen LogP contribution in [0, 0.1) is 11.3 Å². The van der Waals surface area contributed by atoms with E-state index in [0.29, 0.717) is 10.0 Å². The average Bonchev–Trinajstić information content (AvgIpc) is 2.48. The number of benzene rings is 1. The Hall–Kier alpha value is -0.400. The van der Waals surface area contributed by atoms with E-state index in [-0.39, 0.29) is 0 Å². The Labute approximate surface area is 142 Å². The molecule has 0 radical (unpaired) electrons. The Morgan fingerprint density at radius 3 is 2.67 bits per heavy atom. The molecule has 0 fully saturated rings. The zero-order chi connectivity index (χ0) is 15.7. The number of thioether (sulfide) groups is 1. The van der Waals surface area contributed by atoms with E-state index in [1.54, 1.807) is 11.8 Å². The standard InChI is InChI=1S/C16H22Cl2N2S/c1-3-9-20-16(2,12-19)8-4-5-10-21-13-6-7-14(17)15(18)11-13/h6-7,11,20H,3-5,8-10H2,1-2H3. The summed E-state index contributed by atoms with van der Waals surface area (Å²) in [5, 5.41) is 13.8. The first kappa shape index (κ1) is 18.6. The summed E-state index contributed by atoms with van der Waals surface area (Å²) in [5.74, 6) is 1.02. The van der Waals surface area contributed by atoms with E-state index in [1.807, 2.05) is 25.1 Å². The third-order valence-corrected chi connectivity index (χ3v) is 5.06. The molecule has 1 atom stereocenters. The van der Waals surface area contributed by atoms with Gasteiger partial charge in [-0.15, -0.1) is 11.8 Å². The second-order valence-electron chi connectivity index (χ2n) is 5.25. The molecule has 2 nitrogen and oxygen atoms in total. The molecule has 1 aromatic rings. The van der Waals surface area contributed by atoms with Crippen LogP contribution in [0.1, 0.15) is 39.5 Å². The highest BCUT2D eigenvalue weighted by Crippen LogP contribution is 2.28. The number of halogens is 2. The van der Waals surface area contributed by atoms with E-state index in [0.717, 1.165) is 42.9 Å². The zero-order valence-electron chi connectivity index (χ0n) is 12.6. The number of rotatable bonds is 9. The number of unbranched alkanes of at least 4 members (excludes halogenated alkanes) is 1. The molecule has 0 aliphatic carbocycles. The predicted octanol–water partition coefficient (Wildman–Crippen LogP) is 5.54. The Morgan fingerprint density at radius 2 is 2.05 bits per heavy atom. The highest BCUT2D eigenvalue weighted by molar-refractivity contribution is 7.99. The van der Waals surface area contributed by atoms with Crippen molar-refractivity contribution in [1.29, 1.82) is 5.26 Å². The smallest absolute Gasteiger partial charge is 0.103 e. The van der Waals surface area contributed by atoms with Crippen LogP contribution in [0.2, 0.25) is 10.0 Å². The van der Waals surface area contributed by atoms with Crippen molar-refractivity contribution in [2.75, 3.05) is 12.3 Å². The van der Waals surface area contributed by atoms with Crippen LogP contribution in [0.15, 0.2) is 23.1 Å². The van der Waals surface area contributed by atoms with Crippen LogP contribution in [-0.4, -0.2) is 17.8 Å². The fourth-order valence-electron chi connectivity index (χ4n) is 1.92. The van der Waals surface area contributed by atoms with Crippen molar-refractivity contribution in [3.8, 4) is 6.07 Å². The Bertz CT molecular complexity index is 488. The van der Waals surface area contributed by atoms with Gasteiger partial charge in [-0.3, -0.25) is 5.32 Å². The van der Waals surface area contributed by atoms with Gasteiger partial charge < -0.3 is 0 Å². The summed E-state index contributed by atoms with van der Waals surface area (Å²) in [7, 11) is 0. The number of nitriles is 1. The molecule has 1 N–H and O–H groups in total. The fraction of sp³-hybridized carbons (Fsp3) is 0.562. The van der Waals surface area contributed by atoms with Gasteiger partial charge >= 0.3 is 0 Å². The topological polar surface area (TPSA) is 35.8 Å². The number of nitrogens with zero attached hydrogens (tertiary/aromatic N) is 1. The monoisotopic (exact) mass is 344 g/mol. The van der Waals surface area contributed by atoms with Crippen molar-refractivity contribution in [2.45, 2.75) is 50.0 Å². The Balaban J connectivity index is 2.27. The number of hydrogen-bond acceptors (Lipinski definition) is 3. The van der Waals surface area contributed by atoms with Crippen LogP contribution in [0.4, 0.5) is 0 Å². The van der Waals surface area contributed by atoms with Gasteiger partial charge in [0.15, 0.2) is 0 Å². The molecule has 0 amide bonds. The van der Waals surface area contributed by atoms with Gasteiger partial charge in [-0.25, -0.2) is 0 Å². The van der Waals surface area contributed by atoms with Gasteiger partial charge in [0.05, 0.1) is 16.1 Å². The first-order chi connectivity index (χ1) is 10.0. The van der Waals surface area contributed by atoms with Crippen LogP contribution in [0.5, 0.6) is 0 Å². The minimum Gasteiger partial charge on any atom is -0.300 e. The van der Waals surface area contributed by atoms with Crippen molar-refractivity contribution in [3.63, 3.8) is 0 Å². The molecule has 5 heteroatoms. The van der Waals surface area contributed by atoms with Crippen LogP contribution in [0.25, 0.3) is 0 Å². The second-order valence-corrected chi connectivity index (χ2v) is 7.23. The summed E-state index contributed by atoms with van der Waals surface area (Å²) >= 11 is 13.7. The molecule has 0 aromatic heterocycles. The zero-order valence-corrected chi connectivity index (χ0v) is 14.9. The molecule has 1 rings (SSSR count). The first-order valence-electron chi connectivity index (χ1n) is 7.25. The molecule has 0 heterocycles. The lowest BCUT2D eigenvalue weighted by Crippen LogP contribution is -2.41. The minimum atomic E-state index is -0.399. The molecule has 0 aliphatic rings. The lowest BCUT2D eigenvalue weighted by molar-refractivity contribution is 0.406. The van der Waals surface area contributed by atoms with E-state index >= 15 is 0 Å². The van der Waals surface area contributed by atoms with Gasteiger partial charge in [-0.05, 0) is 63.1 Å². The molecule has 21 heavy (non-hydrogen) atoms. The second kappa shape index (κ2) is 9.58. The van der Waals surface area contributed by atoms with Crippen molar-refractivity contribution < 1.29 is 0 Å². The van der Waals surface area contributed by atoms with Gasteiger partial charge in [-0.1, -0.05) is 30.1 Å². The van der Waals surface area contributed by atoms with Crippen LogP contribution >= 0.6 is 35.0 Å². The lowest BCUT2D eigenvalue weighted by Gasteiger charge is -2.22. The van der Waals surface area contributed by atoms with Gasteiger partial charge in [0.1, 0.15) is 5.54 Å². The van der Waals surface area contributed by atoms with E-state index in [9.17, 15) is 5.26 Å². The third-order valence-electron chi connectivity index (χ3n) is 3.24. The summed E-state index contributed by atoms with van der Waals surface area (Å²) in [4.78, 5) is 1.14. The molecule has 0 saturated heterocycles. The van der Waals surface area contributed by atoms with E-state index < -0.39 is 5.54 Å². The molecule has 1 aromatic carbocycles. The van der Waals surface area contributed by atoms with E-state index in [1.165, 1.54) is 0 Å². The first-order valence-corrected chi connectivity index (χ1v) is 8.99. The molecular weight excluding hydrogens is 323 g/mol. The molecule has 1 unspecified atom stereocenters. The average molecular weight is 345 g/mol. The number of nitrogens with one attached hydrogen (secondary N) is 1. The Kier molecular flexibility index (Phi) is 8.51. The SMILES string of the molecule is CCCNC(C)(C#N)CCCCSc1ccc(Cl)c(Cl)c1. The highest BCUT2D eigenvalue weighted by Gasteiger charge is 2.21. The van der Waals surface area contributed by atoms with Crippen molar-refractivity contribution in [3.05, 3.63) is 28.2 Å². The minimum absolute atomic E-state index is 0.399. The van der Waals surface area contributed by atoms with E-state index in [4.69, 9.17) is 23.2 Å². The highest BCUT2D eigenvalue weighted by atomic mass is 35.5. The largest absolute Gasteiger partial charge is 0.300 e. The maximum absolute atomic E-state index is 9.26. The van der Waals surface area contributed by atoms with Crippen molar-refractivity contribution >= 4 is 35.0 Å². The van der Waals surface area contributed by atoms with Crippen LogP contribution in [-0.2, 0) is 0 Å². The summed E-state index contributed by atoms with van der Waals surface area (Å²) in [6, 6.07) is 8.10. The summed E-state index contributed by atoms with van der Waals surface area (Å²) in [5.41, 5.74) is -0.399. The molecular formula is C16H22Cl2N2S. The number of hydrogen-bond donors (Lipinski definition) is 1. The molecule has 0 saturated carbocycles. The fourth-order valence-corrected chi connectivity index (χ4v) is 3.23. The van der Waals surface area contributed by atoms with E-state index in [2.05, 4.69) is 18.3 Å². The molecule has 116 valence electrons. The maximum Gasteiger partial charge on any atom is 0.103 e. The van der Waals surface area contributed by atoms with Crippen LogP contribution < -0.4 is 5.32 Å². The van der Waals surface area contributed by atoms with Gasteiger partial charge in [0.2, 0.25) is 0 Å². The van der Waals surface area contributed by atoms with Gasteiger partial charge in [-0.2, -0.15) is 5.26 Å². The predicted molar refractivity (Wildman–Crippen MR) is 93.3 cm³/mol. The molecule has 0 aliphatic heterocycles. The Morgan fingerprint density at radius 1 is 1.29 bits per heavy atom. The summed E-state index contributed by atoms with van der Waals surface area (Å²) in [6.07, 6.45) is 4.04. The van der Waals surface area contributed by atoms with Crippen molar-refractivity contribution in [1.82, 2.24) is 5.32 Å². The molecule has 0 spiro atoms. The summed E-state index contributed by atoms with van der Waals surface area (Å²) in [6.45, 7) is 4.98.